The maximum Gasteiger partial charge on any atom is 0.419 e. The molecule has 1 heterocycles. The van der Waals surface area contributed by atoms with Crippen LogP contribution in [0.4, 0.5) is 4.79 Å². The smallest absolute Gasteiger partial charge is 0.419 e. The highest BCUT2D eigenvalue weighted by Gasteiger charge is 2.18. The molecule has 0 atom stereocenters. The van der Waals surface area contributed by atoms with Gasteiger partial charge in [-0.1, -0.05) is 0 Å². The fourth-order valence-electron chi connectivity index (χ4n) is 2.02. The summed E-state index contributed by atoms with van der Waals surface area (Å²) in [7, 11) is -2.30. The Morgan fingerprint density at radius 2 is 1.96 bits per heavy atom. The van der Waals surface area contributed by atoms with Gasteiger partial charge in [-0.15, -0.1) is 0 Å². The summed E-state index contributed by atoms with van der Waals surface area (Å²) in [5.74, 6) is -0.570. The van der Waals surface area contributed by atoms with Gasteiger partial charge in [0.1, 0.15) is 5.60 Å². The molecule has 0 spiro atoms. The van der Waals surface area contributed by atoms with Crippen LogP contribution in [0.3, 0.4) is 0 Å². The van der Waals surface area contributed by atoms with E-state index < -0.39 is 27.5 Å². The van der Waals surface area contributed by atoms with Gasteiger partial charge in [0.25, 0.3) is 0 Å². The maximum absolute atomic E-state index is 12.3. The van der Waals surface area contributed by atoms with Crippen LogP contribution in [0.2, 0.25) is 0 Å². The number of nitrogens with zero attached hydrogens (tertiary/aromatic N) is 1. The predicted octanol–water partition coefficient (Wildman–Crippen LogP) is 0.935. The molecule has 0 aliphatic rings. The Labute approximate surface area is 145 Å². The molecule has 2 aromatic rings. The minimum atomic E-state index is -3.79. The minimum Gasteiger partial charge on any atom is -0.444 e. The molecule has 0 radical (unpaired) electrons. The first-order valence-electron chi connectivity index (χ1n) is 7.56. The number of nitrogens with one attached hydrogen (secondary N) is 2. The second-order valence-electron chi connectivity index (χ2n) is 6.38. The van der Waals surface area contributed by atoms with Gasteiger partial charge in [-0.05, 0) is 39.0 Å². The molecule has 25 heavy (non-hydrogen) atoms. The third-order valence-corrected chi connectivity index (χ3v) is 4.62. The van der Waals surface area contributed by atoms with Crippen LogP contribution in [0.25, 0.3) is 11.1 Å². The van der Waals surface area contributed by atoms with Crippen molar-refractivity contribution < 1.29 is 22.4 Å². The number of oxazole rings is 1. The third kappa shape index (κ3) is 4.83. The number of ether oxygens (including phenoxy) is 1. The normalized spacial score (nSPS) is 12.3. The first-order chi connectivity index (χ1) is 11.5. The van der Waals surface area contributed by atoms with Gasteiger partial charge in [-0.25, -0.2) is 22.7 Å². The van der Waals surface area contributed by atoms with Gasteiger partial charge in [0, 0.05) is 20.1 Å². The summed E-state index contributed by atoms with van der Waals surface area (Å²) in [6, 6.07) is 4.11. The molecule has 1 aromatic carbocycles. The second kappa shape index (κ2) is 6.89. The molecule has 2 N–H and O–H groups in total. The molecule has 0 saturated carbocycles. The number of rotatable bonds is 5. The van der Waals surface area contributed by atoms with Crippen LogP contribution >= 0.6 is 0 Å². The fraction of sp³-hybridized carbons (Fsp3) is 0.467. The zero-order valence-electron chi connectivity index (χ0n) is 14.5. The summed E-state index contributed by atoms with van der Waals surface area (Å²) in [4.78, 5) is 22.9. The molecule has 9 nitrogen and oxygen atoms in total. The molecule has 0 unspecified atom stereocenters. The number of carbonyl (C=O) groups excluding carboxylic acids is 1. The van der Waals surface area contributed by atoms with E-state index in [-0.39, 0.29) is 18.0 Å². The van der Waals surface area contributed by atoms with Gasteiger partial charge < -0.3 is 14.5 Å². The molecule has 1 aromatic heterocycles. The molecule has 0 saturated heterocycles. The van der Waals surface area contributed by atoms with Crippen LogP contribution in [0.15, 0.2) is 32.3 Å². The van der Waals surface area contributed by atoms with Crippen molar-refractivity contribution in [1.82, 2.24) is 14.6 Å². The van der Waals surface area contributed by atoms with Gasteiger partial charge >= 0.3 is 11.8 Å². The lowest BCUT2D eigenvalue weighted by atomic mass is 10.2. The molecule has 10 heteroatoms. The van der Waals surface area contributed by atoms with Crippen LogP contribution in [0, 0.1) is 0 Å². The maximum atomic E-state index is 12.3. The predicted molar refractivity (Wildman–Crippen MR) is 90.9 cm³/mol. The van der Waals surface area contributed by atoms with E-state index in [1.807, 2.05) is 0 Å². The van der Waals surface area contributed by atoms with Crippen molar-refractivity contribution in [2.45, 2.75) is 31.3 Å². The van der Waals surface area contributed by atoms with Gasteiger partial charge in [-0.3, -0.25) is 4.57 Å². The summed E-state index contributed by atoms with van der Waals surface area (Å²) in [6.45, 7) is 5.25. The fourth-order valence-corrected chi connectivity index (χ4v) is 3.07. The van der Waals surface area contributed by atoms with E-state index in [0.717, 1.165) is 0 Å². The monoisotopic (exact) mass is 371 g/mol. The summed E-state index contributed by atoms with van der Waals surface area (Å²) in [5.41, 5.74) is 0.0531. The van der Waals surface area contributed by atoms with Crippen LogP contribution in [-0.2, 0) is 21.8 Å². The highest BCUT2D eigenvalue weighted by Crippen LogP contribution is 2.17. The molecule has 0 aliphatic carbocycles. The van der Waals surface area contributed by atoms with E-state index in [0.29, 0.717) is 11.1 Å². The zero-order chi connectivity index (χ0) is 18.8. The van der Waals surface area contributed by atoms with E-state index in [4.69, 9.17) is 9.15 Å². The number of fused-ring (bicyclic) bond motifs is 1. The number of benzene rings is 1. The molecule has 0 bridgehead atoms. The standard InChI is InChI=1S/C15H21N3O6S/c1-15(2,3)24-13(19)16-7-8-17-25(21,22)10-5-6-12-11(9-10)18(4)14(20)23-12/h5-6,9,17H,7-8H2,1-4H3,(H,16,19). The summed E-state index contributed by atoms with van der Waals surface area (Å²) < 4.78 is 38.2. The van der Waals surface area contributed by atoms with Crippen molar-refractivity contribution in [2.75, 3.05) is 13.1 Å². The van der Waals surface area contributed by atoms with E-state index in [1.165, 1.54) is 29.8 Å². The lowest BCUT2D eigenvalue weighted by Gasteiger charge is -2.19. The molecule has 2 rings (SSSR count). The van der Waals surface area contributed by atoms with Crippen LogP contribution in [0.1, 0.15) is 20.8 Å². The average molecular weight is 371 g/mol. The Morgan fingerprint density at radius 1 is 1.28 bits per heavy atom. The largest absolute Gasteiger partial charge is 0.444 e. The van der Waals surface area contributed by atoms with Gasteiger partial charge in [0.2, 0.25) is 10.0 Å². The Hall–Kier alpha value is -2.33. The molecular weight excluding hydrogens is 350 g/mol. The Bertz CT molecular complexity index is 936. The zero-order valence-corrected chi connectivity index (χ0v) is 15.3. The Morgan fingerprint density at radius 3 is 2.60 bits per heavy atom. The van der Waals surface area contributed by atoms with Gasteiger partial charge in [-0.2, -0.15) is 0 Å². The number of alkyl carbamates (subject to hydrolysis) is 1. The average Bonchev–Trinajstić information content (AvgIpc) is 2.77. The van der Waals surface area contributed by atoms with E-state index in [1.54, 1.807) is 20.8 Å². The second-order valence-corrected chi connectivity index (χ2v) is 8.15. The summed E-state index contributed by atoms with van der Waals surface area (Å²) >= 11 is 0. The number of aryl methyl sites for hydroxylation is 1. The van der Waals surface area contributed by atoms with Crippen molar-refractivity contribution in [3.63, 3.8) is 0 Å². The van der Waals surface area contributed by atoms with Crippen LogP contribution in [-0.4, -0.2) is 37.8 Å². The van der Waals surface area contributed by atoms with E-state index >= 15 is 0 Å². The third-order valence-electron chi connectivity index (χ3n) is 3.16. The first-order valence-corrected chi connectivity index (χ1v) is 9.04. The lowest BCUT2D eigenvalue weighted by Crippen LogP contribution is -2.37. The molecule has 138 valence electrons. The number of hydrogen-bond acceptors (Lipinski definition) is 6. The van der Waals surface area contributed by atoms with Crippen molar-refractivity contribution in [3.05, 3.63) is 28.7 Å². The number of sulfonamides is 1. The van der Waals surface area contributed by atoms with Crippen molar-refractivity contribution in [2.24, 2.45) is 7.05 Å². The van der Waals surface area contributed by atoms with Gasteiger partial charge in [0.15, 0.2) is 5.58 Å². The Balaban J connectivity index is 1.99. The molecule has 0 fully saturated rings. The van der Waals surface area contributed by atoms with Crippen LogP contribution < -0.4 is 15.8 Å². The summed E-state index contributed by atoms with van der Waals surface area (Å²) in [5, 5.41) is 2.46. The number of carbonyl (C=O) groups is 1. The Kier molecular flexibility index (Phi) is 5.23. The van der Waals surface area contributed by atoms with Crippen molar-refractivity contribution in [3.8, 4) is 0 Å². The molecule has 1 amide bonds. The SMILES string of the molecule is Cn1c(=O)oc2ccc(S(=O)(=O)NCCNC(=O)OC(C)(C)C)cc21. The summed E-state index contributed by atoms with van der Waals surface area (Å²) in [6.07, 6.45) is -0.624. The van der Waals surface area contributed by atoms with Gasteiger partial charge in [0.05, 0.1) is 10.4 Å². The number of amides is 1. The highest BCUT2D eigenvalue weighted by molar-refractivity contribution is 7.89. The highest BCUT2D eigenvalue weighted by atomic mass is 32.2. The molecule has 0 aliphatic heterocycles. The van der Waals surface area contributed by atoms with E-state index in [2.05, 4.69) is 10.0 Å². The minimum absolute atomic E-state index is 0.00586. The van der Waals surface area contributed by atoms with E-state index in [9.17, 15) is 18.0 Å². The quantitative estimate of drug-likeness (QED) is 0.755. The topological polar surface area (TPSA) is 120 Å². The molecular formula is C15H21N3O6S. The van der Waals surface area contributed by atoms with Crippen LogP contribution in [0.5, 0.6) is 0 Å². The number of hydrogen-bond donors (Lipinski definition) is 2. The first kappa shape index (κ1) is 19.0. The van der Waals surface area contributed by atoms with Crippen molar-refractivity contribution >= 4 is 27.2 Å². The van der Waals surface area contributed by atoms with Crippen molar-refractivity contribution in [1.29, 1.82) is 0 Å². The number of aromatic nitrogens is 1. The lowest BCUT2D eigenvalue weighted by molar-refractivity contribution is 0.0529.